The fourth-order valence-electron chi connectivity index (χ4n) is 1.50. The van der Waals surface area contributed by atoms with Gasteiger partial charge < -0.3 is 4.90 Å². The lowest BCUT2D eigenvalue weighted by molar-refractivity contribution is -0.127. The SMILES string of the molecule is Cc1cc(SCC(=O)N(C)CCC#N)c(C)cc1Br. The van der Waals surface area contributed by atoms with Crippen molar-refractivity contribution in [2.75, 3.05) is 19.3 Å². The van der Waals surface area contributed by atoms with Crippen LogP contribution in [0.1, 0.15) is 17.5 Å². The molecule has 1 amide bonds. The van der Waals surface area contributed by atoms with E-state index in [1.807, 2.05) is 19.9 Å². The minimum absolute atomic E-state index is 0.0558. The topological polar surface area (TPSA) is 44.1 Å². The van der Waals surface area contributed by atoms with Gasteiger partial charge in [-0.15, -0.1) is 11.8 Å². The van der Waals surface area contributed by atoms with Gasteiger partial charge in [-0.1, -0.05) is 15.9 Å². The lowest BCUT2D eigenvalue weighted by Crippen LogP contribution is -2.29. The summed E-state index contributed by atoms with van der Waals surface area (Å²) in [6, 6.07) is 6.21. The van der Waals surface area contributed by atoms with Crippen molar-refractivity contribution in [1.29, 1.82) is 5.26 Å². The molecule has 0 N–H and O–H groups in total. The Bertz CT molecular complexity index is 511. The van der Waals surface area contributed by atoms with Crippen LogP contribution in [0.25, 0.3) is 0 Å². The summed E-state index contributed by atoms with van der Waals surface area (Å²) < 4.78 is 1.09. The van der Waals surface area contributed by atoms with E-state index < -0.39 is 0 Å². The van der Waals surface area contributed by atoms with Crippen molar-refractivity contribution in [3.05, 3.63) is 27.7 Å². The second kappa shape index (κ2) is 7.56. The summed E-state index contributed by atoms with van der Waals surface area (Å²) >= 11 is 5.04. The summed E-state index contributed by atoms with van der Waals surface area (Å²) in [7, 11) is 1.74. The van der Waals surface area contributed by atoms with Gasteiger partial charge in [-0.2, -0.15) is 5.26 Å². The normalized spacial score (nSPS) is 10.1. The van der Waals surface area contributed by atoms with Crippen molar-refractivity contribution in [3.8, 4) is 6.07 Å². The zero-order valence-corrected chi connectivity index (χ0v) is 13.8. The van der Waals surface area contributed by atoms with Crippen LogP contribution in [0.15, 0.2) is 21.5 Å². The van der Waals surface area contributed by atoms with Gasteiger partial charge in [-0.25, -0.2) is 0 Å². The first-order valence-corrected chi connectivity index (χ1v) is 7.74. The molecule has 0 fully saturated rings. The summed E-state index contributed by atoms with van der Waals surface area (Å²) in [5.74, 6) is 0.462. The third-order valence-electron chi connectivity index (χ3n) is 2.79. The van der Waals surface area contributed by atoms with E-state index in [2.05, 4.69) is 28.1 Å². The molecule has 1 aromatic carbocycles. The number of rotatable bonds is 5. The molecular weight excluding hydrogens is 324 g/mol. The molecule has 0 aliphatic carbocycles. The minimum atomic E-state index is 0.0558. The second-order valence-corrected chi connectivity index (χ2v) is 6.25. The monoisotopic (exact) mass is 340 g/mol. The zero-order valence-electron chi connectivity index (χ0n) is 11.4. The molecule has 1 aromatic rings. The molecule has 102 valence electrons. The van der Waals surface area contributed by atoms with Gasteiger partial charge in [0, 0.05) is 23.0 Å². The molecule has 0 atom stereocenters. The van der Waals surface area contributed by atoms with Gasteiger partial charge in [0.2, 0.25) is 5.91 Å². The quantitative estimate of drug-likeness (QED) is 0.770. The number of halogens is 1. The van der Waals surface area contributed by atoms with Crippen LogP contribution in [0.5, 0.6) is 0 Å². The molecule has 0 saturated heterocycles. The Morgan fingerprint density at radius 2 is 2.11 bits per heavy atom. The molecule has 0 aliphatic heterocycles. The molecule has 0 saturated carbocycles. The molecular formula is C14H17BrN2OS. The number of benzene rings is 1. The van der Waals surface area contributed by atoms with E-state index in [1.54, 1.807) is 23.7 Å². The maximum absolute atomic E-state index is 11.9. The maximum atomic E-state index is 11.9. The Kier molecular flexibility index (Phi) is 6.40. The molecule has 1 rings (SSSR count). The molecule has 5 heteroatoms. The molecule has 0 bridgehead atoms. The summed E-state index contributed by atoms with van der Waals surface area (Å²) in [4.78, 5) is 14.6. The first-order chi connectivity index (χ1) is 8.95. The van der Waals surface area contributed by atoms with Crippen molar-refractivity contribution in [3.63, 3.8) is 0 Å². The molecule has 0 aromatic heterocycles. The van der Waals surface area contributed by atoms with Crippen LogP contribution < -0.4 is 0 Å². The first-order valence-electron chi connectivity index (χ1n) is 5.96. The number of carbonyl (C=O) groups is 1. The lowest BCUT2D eigenvalue weighted by atomic mass is 10.2. The summed E-state index contributed by atoms with van der Waals surface area (Å²) in [5.41, 5.74) is 2.33. The van der Waals surface area contributed by atoms with Crippen LogP contribution in [0.2, 0.25) is 0 Å². The van der Waals surface area contributed by atoms with E-state index in [9.17, 15) is 4.79 Å². The van der Waals surface area contributed by atoms with Crippen LogP contribution in [0.4, 0.5) is 0 Å². The van der Waals surface area contributed by atoms with Crippen LogP contribution >= 0.6 is 27.7 Å². The van der Waals surface area contributed by atoms with Gasteiger partial charge >= 0.3 is 0 Å². The Morgan fingerprint density at radius 3 is 2.74 bits per heavy atom. The van der Waals surface area contributed by atoms with Crippen LogP contribution in [-0.2, 0) is 4.79 Å². The van der Waals surface area contributed by atoms with Crippen LogP contribution in [0, 0.1) is 25.2 Å². The molecule has 19 heavy (non-hydrogen) atoms. The van der Waals surface area contributed by atoms with E-state index in [0.717, 1.165) is 14.9 Å². The zero-order chi connectivity index (χ0) is 14.4. The number of amides is 1. The average Bonchev–Trinajstić information content (AvgIpc) is 2.38. The smallest absolute Gasteiger partial charge is 0.232 e. The molecule has 0 radical (unpaired) electrons. The highest BCUT2D eigenvalue weighted by molar-refractivity contribution is 9.10. The van der Waals surface area contributed by atoms with Gasteiger partial charge in [0.25, 0.3) is 0 Å². The number of thioether (sulfide) groups is 1. The van der Waals surface area contributed by atoms with Crippen LogP contribution in [-0.4, -0.2) is 30.2 Å². The number of carbonyl (C=O) groups excluding carboxylic acids is 1. The average molecular weight is 341 g/mol. The summed E-state index contributed by atoms with van der Waals surface area (Å²) in [6.07, 6.45) is 0.378. The van der Waals surface area contributed by atoms with E-state index >= 15 is 0 Å². The highest BCUT2D eigenvalue weighted by Crippen LogP contribution is 2.28. The largest absolute Gasteiger partial charge is 0.344 e. The number of hydrogen-bond donors (Lipinski definition) is 0. The third kappa shape index (κ3) is 4.88. The van der Waals surface area contributed by atoms with Crippen molar-refractivity contribution in [1.82, 2.24) is 4.90 Å². The number of nitriles is 1. The standard InChI is InChI=1S/C14H17BrN2OS/c1-10-8-13(11(2)7-12(10)15)19-9-14(18)17(3)6-4-5-16/h7-8H,4,6,9H2,1-3H3. The Balaban J connectivity index is 2.60. The van der Waals surface area contributed by atoms with E-state index in [4.69, 9.17) is 5.26 Å². The Morgan fingerprint density at radius 1 is 1.42 bits per heavy atom. The van der Waals surface area contributed by atoms with Gasteiger partial charge in [-0.05, 0) is 37.1 Å². The third-order valence-corrected chi connectivity index (χ3v) is 4.79. The molecule has 3 nitrogen and oxygen atoms in total. The van der Waals surface area contributed by atoms with E-state index in [1.165, 1.54) is 5.56 Å². The van der Waals surface area contributed by atoms with E-state index in [0.29, 0.717) is 18.7 Å². The maximum Gasteiger partial charge on any atom is 0.232 e. The molecule has 0 spiro atoms. The predicted octanol–water partition coefficient (Wildman–Crippen LogP) is 3.53. The van der Waals surface area contributed by atoms with Gasteiger partial charge in [0.1, 0.15) is 0 Å². The number of aryl methyl sites for hydroxylation is 2. The highest BCUT2D eigenvalue weighted by atomic mass is 79.9. The van der Waals surface area contributed by atoms with E-state index in [-0.39, 0.29) is 5.91 Å². The predicted molar refractivity (Wildman–Crippen MR) is 82.2 cm³/mol. The van der Waals surface area contributed by atoms with Gasteiger partial charge in [-0.3, -0.25) is 4.79 Å². The molecule has 0 heterocycles. The highest BCUT2D eigenvalue weighted by Gasteiger charge is 2.10. The van der Waals surface area contributed by atoms with Crippen molar-refractivity contribution < 1.29 is 4.79 Å². The molecule has 0 unspecified atom stereocenters. The minimum Gasteiger partial charge on any atom is -0.344 e. The summed E-state index contributed by atoms with van der Waals surface area (Å²) in [6.45, 7) is 4.57. The van der Waals surface area contributed by atoms with Crippen molar-refractivity contribution in [2.24, 2.45) is 0 Å². The van der Waals surface area contributed by atoms with Crippen LogP contribution in [0.3, 0.4) is 0 Å². The Hall–Kier alpha value is -0.990. The fourth-order valence-corrected chi connectivity index (χ4v) is 3.01. The van der Waals surface area contributed by atoms with Crippen molar-refractivity contribution in [2.45, 2.75) is 25.2 Å². The molecule has 0 aliphatic rings. The Labute approximate surface area is 127 Å². The van der Waals surface area contributed by atoms with Gasteiger partial charge in [0.05, 0.1) is 18.2 Å². The van der Waals surface area contributed by atoms with Crippen molar-refractivity contribution >= 4 is 33.6 Å². The van der Waals surface area contributed by atoms with Gasteiger partial charge in [0.15, 0.2) is 0 Å². The lowest BCUT2D eigenvalue weighted by Gasteiger charge is -2.15. The first kappa shape index (κ1) is 16.1. The number of hydrogen-bond acceptors (Lipinski definition) is 3. The second-order valence-electron chi connectivity index (χ2n) is 4.38. The number of nitrogens with zero attached hydrogens (tertiary/aromatic N) is 2. The fraction of sp³-hybridized carbons (Fsp3) is 0.429. The summed E-state index contributed by atoms with van der Waals surface area (Å²) in [5, 5.41) is 8.50.